The van der Waals surface area contributed by atoms with Gasteiger partial charge in [-0.3, -0.25) is 4.79 Å². The average Bonchev–Trinajstić information content (AvgIpc) is 2.77. The Morgan fingerprint density at radius 2 is 1.90 bits per heavy atom. The molecule has 0 unspecified atom stereocenters. The maximum Gasteiger partial charge on any atom is 0.251 e. The Kier molecular flexibility index (Phi) is 5.69. The number of nitrogens with one attached hydrogen (secondary N) is 1. The number of benzene rings is 2. The first kappa shape index (κ1) is 21.6. The number of carbonyl (C=O) groups excluding carboxylic acids is 1. The fourth-order valence-corrected chi connectivity index (χ4v) is 6.29. The normalized spacial score (nSPS) is 27.2. The lowest BCUT2D eigenvalue weighted by atomic mass is 9.49. The zero-order valence-electron chi connectivity index (χ0n) is 19.3. The highest BCUT2D eigenvalue weighted by molar-refractivity contribution is 5.94. The van der Waals surface area contributed by atoms with Crippen LogP contribution in [0, 0.1) is 22.7 Å². The summed E-state index contributed by atoms with van der Waals surface area (Å²) >= 11 is 0. The highest BCUT2D eigenvalue weighted by Crippen LogP contribution is 2.57. The summed E-state index contributed by atoms with van der Waals surface area (Å²) < 4.78 is 0. The van der Waals surface area contributed by atoms with E-state index in [-0.39, 0.29) is 16.7 Å². The van der Waals surface area contributed by atoms with Gasteiger partial charge in [-0.25, -0.2) is 0 Å². The Labute approximate surface area is 186 Å². The first-order chi connectivity index (χ1) is 14.8. The van der Waals surface area contributed by atoms with Gasteiger partial charge in [-0.2, -0.15) is 5.26 Å². The SMILES string of the molecule is CC(C)c1ccc2c(c1)CC[C@H]1[C@](C)(CNC(=O)c3ccc(C#N)cc3)CCC[C@]21C. The van der Waals surface area contributed by atoms with Crippen molar-refractivity contribution >= 4 is 5.91 Å². The van der Waals surface area contributed by atoms with E-state index < -0.39 is 0 Å². The molecule has 0 spiro atoms. The van der Waals surface area contributed by atoms with Crippen LogP contribution in [-0.4, -0.2) is 12.5 Å². The van der Waals surface area contributed by atoms with Gasteiger partial charge in [0.15, 0.2) is 0 Å². The Balaban J connectivity index is 1.54. The molecule has 4 rings (SSSR count). The zero-order chi connectivity index (χ0) is 22.2. The van der Waals surface area contributed by atoms with Gasteiger partial charge in [0.25, 0.3) is 5.91 Å². The Morgan fingerprint density at radius 3 is 2.58 bits per heavy atom. The quantitative estimate of drug-likeness (QED) is 0.655. The van der Waals surface area contributed by atoms with Gasteiger partial charge in [-0.05, 0) is 89.3 Å². The largest absolute Gasteiger partial charge is 0.351 e. The number of nitriles is 1. The van der Waals surface area contributed by atoms with Crippen LogP contribution >= 0.6 is 0 Å². The van der Waals surface area contributed by atoms with Gasteiger partial charge in [0.05, 0.1) is 11.6 Å². The molecule has 1 saturated carbocycles. The van der Waals surface area contributed by atoms with E-state index in [4.69, 9.17) is 5.26 Å². The van der Waals surface area contributed by atoms with E-state index in [9.17, 15) is 4.79 Å². The predicted molar refractivity (Wildman–Crippen MR) is 125 cm³/mol. The second-order valence-electron chi connectivity index (χ2n) is 10.5. The summed E-state index contributed by atoms with van der Waals surface area (Å²) in [5.41, 5.74) is 5.98. The molecule has 0 aromatic heterocycles. The molecule has 2 aliphatic rings. The maximum atomic E-state index is 12.8. The number of amides is 1. The monoisotopic (exact) mass is 414 g/mol. The number of nitrogens with zero attached hydrogens (tertiary/aromatic N) is 1. The number of fused-ring (bicyclic) bond motifs is 3. The number of hydrogen-bond acceptors (Lipinski definition) is 2. The van der Waals surface area contributed by atoms with Crippen molar-refractivity contribution in [2.45, 2.75) is 71.1 Å². The summed E-state index contributed by atoms with van der Waals surface area (Å²) in [6, 6.07) is 16.2. The first-order valence-electron chi connectivity index (χ1n) is 11.7. The lowest BCUT2D eigenvalue weighted by Gasteiger charge is -2.55. The van der Waals surface area contributed by atoms with Crippen LogP contribution in [0.4, 0.5) is 0 Å². The minimum atomic E-state index is -0.0456. The standard InChI is InChI=1S/C28H34N2O/c1-19(2)22-10-12-24-23(16-22)11-13-25-27(3,14-5-15-28(24,25)4)18-30-26(31)21-8-6-20(17-29)7-9-21/h6-10,12,16,19,25H,5,11,13-15,18H2,1-4H3,(H,30,31)/t25-,27-,28+/m0/s1. The molecule has 1 fully saturated rings. The van der Waals surface area contributed by atoms with Crippen LogP contribution in [0.1, 0.15) is 91.9 Å². The third-order valence-electron chi connectivity index (χ3n) is 8.10. The summed E-state index contributed by atoms with van der Waals surface area (Å²) in [4.78, 5) is 12.8. The molecule has 2 aromatic carbocycles. The number of carbonyl (C=O) groups is 1. The van der Waals surface area contributed by atoms with Crippen LogP contribution in [0.15, 0.2) is 42.5 Å². The molecule has 1 amide bonds. The molecule has 2 aliphatic carbocycles. The van der Waals surface area contributed by atoms with Crippen LogP contribution in [-0.2, 0) is 11.8 Å². The van der Waals surface area contributed by atoms with Gasteiger partial charge in [0, 0.05) is 12.1 Å². The lowest BCUT2D eigenvalue weighted by molar-refractivity contribution is 0.0254. The Morgan fingerprint density at radius 1 is 1.16 bits per heavy atom. The summed E-state index contributed by atoms with van der Waals surface area (Å²) in [5, 5.41) is 12.2. The molecule has 3 atom stereocenters. The third-order valence-corrected chi connectivity index (χ3v) is 8.10. The van der Waals surface area contributed by atoms with Crippen LogP contribution in [0.5, 0.6) is 0 Å². The van der Waals surface area contributed by atoms with E-state index in [0.717, 1.165) is 12.8 Å². The van der Waals surface area contributed by atoms with Crippen molar-refractivity contribution < 1.29 is 4.79 Å². The van der Waals surface area contributed by atoms with Crippen molar-refractivity contribution in [3.05, 3.63) is 70.3 Å². The average molecular weight is 415 g/mol. The van der Waals surface area contributed by atoms with Crippen molar-refractivity contribution in [3.8, 4) is 6.07 Å². The highest BCUT2D eigenvalue weighted by atomic mass is 16.1. The minimum absolute atomic E-state index is 0.0456. The molecule has 0 saturated heterocycles. The summed E-state index contributed by atoms with van der Waals surface area (Å²) in [6.07, 6.45) is 5.90. The first-order valence-corrected chi connectivity index (χ1v) is 11.7. The molecule has 3 nitrogen and oxygen atoms in total. The molecule has 2 aromatic rings. The number of aryl methyl sites for hydroxylation is 1. The maximum absolute atomic E-state index is 12.8. The number of rotatable bonds is 4. The van der Waals surface area contributed by atoms with Crippen LogP contribution in [0.3, 0.4) is 0 Å². The van der Waals surface area contributed by atoms with Crippen LogP contribution in [0.25, 0.3) is 0 Å². The van der Waals surface area contributed by atoms with Gasteiger partial charge >= 0.3 is 0 Å². The third kappa shape index (κ3) is 3.89. The summed E-state index contributed by atoms with van der Waals surface area (Å²) in [7, 11) is 0. The smallest absolute Gasteiger partial charge is 0.251 e. The van der Waals surface area contributed by atoms with E-state index in [1.54, 1.807) is 24.3 Å². The Hall–Kier alpha value is -2.60. The van der Waals surface area contributed by atoms with E-state index in [2.05, 4.69) is 57.3 Å². The Bertz CT molecular complexity index is 1020. The molecule has 0 heterocycles. The molecule has 0 aliphatic heterocycles. The zero-order valence-corrected chi connectivity index (χ0v) is 19.3. The molecule has 3 heteroatoms. The summed E-state index contributed by atoms with van der Waals surface area (Å²) in [5.74, 6) is 1.08. The lowest BCUT2D eigenvalue weighted by Crippen LogP contribution is -2.53. The van der Waals surface area contributed by atoms with E-state index in [1.807, 2.05) is 0 Å². The minimum Gasteiger partial charge on any atom is -0.351 e. The fourth-order valence-electron chi connectivity index (χ4n) is 6.29. The second kappa shape index (κ2) is 8.15. The topological polar surface area (TPSA) is 52.9 Å². The van der Waals surface area contributed by atoms with Crippen LogP contribution < -0.4 is 5.32 Å². The van der Waals surface area contributed by atoms with Crippen molar-refractivity contribution in [1.82, 2.24) is 5.32 Å². The van der Waals surface area contributed by atoms with Gasteiger partial charge in [0.1, 0.15) is 0 Å². The molecular formula is C28H34N2O. The molecule has 162 valence electrons. The van der Waals surface area contributed by atoms with Gasteiger partial charge in [0.2, 0.25) is 0 Å². The van der Waals surface area contributed by atoms with Crippen molar-refractivity contribution in [2.75, 3.05) is 6.54 Å². The van der Waals surface area contributed by atoms with Crippen LogP contribution in [0.2, 0.25) is 0 Å². The molecular weight excluding hydrogens is 380 g/mol. The van der Waals surface area contributed by atoms with E-state index >= 15 is 0 Å². The van der Waals surface area contributed by atoms with Crippen molar-refractivity contribution in [1.29, 1.82) is 5.26 Å². The number of hydrogen-bond donors (Lipinski definition) is 1. The molecule has 0 radical (unpaired) electrons. The van der Waals surface area contributed by atoms with E-state index in [1.165, 1.54) is 36.0 Å². The van der Waals surface area contributed by atoms with Crippen molar-refractivity contribution in [2.24, 2.45) is 11.3 Å². The van der Waals surface area contributed by atoms with Crippen molar-refractivity contribution in [3.63, 3.8) is 0 Å². The van der Waals surface area contributed by atoms with E-state index in [0.29, 0.717) is 29.5 Å². The molecule has 1 N–H and O–H groups in total. The predicted octanol–water partition coefficient (Wildman–Crippen LogP) is 6.12. The highest BCUT2D eigenvalue weighted by Gasteiger charge is 2.51. The van der Waals surface area contributed by atoms with Gasteiger partial charge < -0.3 is 5.32 Å². The summed E-state index contributed by atoms with van der Waals surface area (Å²) in [6.45, 7) is 10.1. The fraction of sp³-hybridized carbons (Fsp3) is 0.500. The second-order valence-corrected chi connectivity index (χ2v) is 10.5. The van der Waals surface area contributed by atoms with Gasteiger partial charge in [-0.1, -0.05) is 52.3 Å². The molecule has 31 heavy (non-hydrogen) atoms. The molecule has 0 bridgehead atoms. The van der Waals surface area contributed by atoms with Gasteiger partial charge in [-0.15, -0.1) is 0 Å².